The zero-order chi connectivity index (χ0) is 11.5. The van der Waals surface area contributed by atoms with E-state index in [1.807, 2.05) is 13.0 Å². The lowest BCUT2D eigenvalue weighted by molar-refractivity contribution is 0.585. The predicted octanol–water partition coefficient (Wildman–Crippen LogP) is 2.96. The Morgan fingerprint density at radius 1 is 1.56 bits per heavy atom. The Morgan fingerprint density at radius 2 is 2.31 bits per heavy atom. The number of nitrogens with one attached hydrogen (secondary N) is 1. The zero-order valence-corrected chi connectivity index (χ0v) is 10.2. The summed E-state index contributed by atoms with van der Waals surface area (Å²) in [4.78, 5) is 4.32. The molecule has 0 amide bonds. The minimum atomic E-state index is 0.558. The van der Waals surface area contributed by atoms with Gasteiger partial charge in [0.05, 0.1) is 11.9 Å². The van der Waals surface area contributed by atoms with Gasteiger partial charge in [0.25, 0.3) is 0 Å². The minimum absolute atomic E-state index is 0.558. The summed E-state index contributed by atoms with van der Waals surface area (Å²) in [5.41, 5.74) is 7.61. The molecule has 1 saturated carbocycles. The van der Waals surface area contributed by atoms with Gasteiger partial charge < -0.3 is 11.1 Å². The van der Waals surface area contributed by atoms with Crippen LogP contribution in [0.1, 0.15) is 38.2 Å². The van der Waals surface area contributed by atoms with Gasteiger partial charge in [-0.05, 0) is 37.3 Å². The van der Waals surface area contributed by atoms with Gasteiger partial charge in [-0.3, -0.25) is 0 Å². The molecule has 0 saturated heterocycles. The molecule has 0 radical (unpaired) electrons. The number of nitrogens with two attached hydrogens (primary N) is 1. The number of aromatic nitrogens is 1. The Labute approximate surface area is 97.5 Å². The number of hydrogen-bond donors (Lipinski definition) is 2. The van der Waals surface area contributed by atoms with Gasteiger partial charge >= 0.3 is 0 Å². The summed E-state index contributed by atoms with van der Waals surface area (Å²) in [5.74, 6) is 1.91. The zero-order valence-electron chi connectivity index (χ0n) is 10.2. The van der Waals surface area contributed by atoms with Crippen LogP contribution in [-0.4, -0.2) is 11.0 Å². The summed E-state index contributed by atoms with van der Waals surface area (Å²) in [7, 11) is 0. The molecule has 0 spiro atoms. The van der Waals surface area contributed by atoms with Crippen LogP contribution in [0.5, 0.6) is 0 Å². The molecule has 2 rings (SSSR count). The van der Waals surface area contributed by atoms with Crippen molar-refractivity contribution in [1.29, 1.82) is 0 Å². The Kier molecular flexibility index (Phi) is 3.32. The fraction of sp³-hybridized carbons (Fsp3) is 0.615. The van der Waals surface area contributed by atoms with Crippen molar-refractivity contribution in [3.8, 4) is 0 Å². The molecular formula is C13H21N3. The fourth-order valence-corrected chi connectivity index (χ4v) is 1.94. The van der Waals surface area contributed by atoms with Crippen molar-refractivity contribution in [3.63, 3.8) is 0 Å². The van der Waals surface area contributed by atoms with Gasteiger partial charge in [-0.1, -0.05) is 19.8 Å². The van der Waals surface area contributed by atoms with E-state index in [0.717, 1.165) is 29.4 Å². The summed E-state index contributed by atoms with van der Waals surface area (Å²) in [5, 5.41) is 3.50. The van der Waals surface area contributed by atoms with E-state index in [1.54, 1.807) is 6.20 Å². The molecule has 16 heavy (non-hydrogen) atoms. The molecule has 1 atom stereocenters. The maximum absolute atomic E-state index is 5.75. The molecule has 0 bridgehead atoms. The van der Waals surface area contributed by atoms with Gasteiger partial charge in [-0.25, -0.2) is 4.98 Å². The Bertz CT molecular complexity index is 358. The Morgan fingerprint density at radius 3 is 2.88 bits per heavy atom. The smallest absolute Gasteiger partial charge is 0.126 e. The van der Waals surface area contributed by atoms with Crippen LogP contribution in [0.4, 0.5) is 11.5 Å². The molecule has 0 aromatic carbocycles. The van der Waals surface area contributed by atoms with E-state index in [4.69, 9.17) is 5.73 Å². The van der Waals surface area contributed by atoms with E-state index in [9.17, 15) is 0 Å². The average Bonchev–Trinajstić information content (AvgIpc) is 3.06. The van der Waals surface area contributed by atoms with Crippen molar-refractivity contribution in [2.75, 3.05) is 11.1 Å². The Balaban J connectivity index is 1.97. The highest BCUT2D eigenvalue weighted by atomic mass is 15.0. The third-order valence-corrected chi connectivity index (χ3v) is 3.31. The van der Waals surface area contributed by atoms with Crippen LogP contribution in [0.3, 0.4) is 0 Å². The molecule has 1 heterocycles. The lowest BCUT2D eigenvalue weighted by Crippen LogP contribution is -2.20. The maximum Gasteiger partial charge on any atom is 0.126 e. The predicted molar refractivity (Wildman–Crippen MR) is 68.4 cm³/mol. The molecule has 1 aliphatic rings. The van der Waals surface area contributed by atoms with Crippen LogP contribution < -0.4 is 11.1 Å². The van der Waals surface area contributed by atoms with E-state index in [-0.39, 0.29) is 0 Å². The molecule has 88 valence electrons. The monoisotopic (exact) mass is 219 g/mol. The van der Waals surface area contributed by atoms with Crippen LogP contribution in [0.25, 0.3) is 0 Å². The maximum atomic E-state index is 5.75. The number of nitrogen functional groups attached to an aromatic ring is 1. The normalized spacial score (nSPS) is 17.1. The van der Waals surface area contributed by atoms with Crippen LogP contribution in [-0.2, 0) is 0 Å². The van der Waals surface area contributed by atoms with Gasteiger partial charge in [-0.2, -0.15) is 0 Å². The highest BCUT2D eigenvalue weighted by Crippen LogP contribution is 2.34. The fourth-order valence-electron chi connectivity index (χ4n) is 1.94. The molecule has 3 N–H and O–H groups in total. The van der Waals surface area contributed by atoms with Crippen molar-refractivity contribution < 1.29 is 0 Å². The van der Waals surface area contributed by atoms with E-state index in [1.165, 1.54) is 19.3 Å². The van der Waals surface area contributed by atoms with Gasteiger partial charge in [0.2, 0.25) is 0 Å². The molecular weight excluding hydrogens is 198 g/mol. The van der Waals surface area contributed by atoms with E-state index in [0.29, 0.717) is 6.04 Å². The Hall–Kier alpha value is -1.25. The molecule has 3 heteroatoms. The second kappa shape index (κ2) is 4.73. The molecule has 1 fully saturated rings. The molecule has 0 aliphatic heterocycles. The molecule has 1 aromatic heterocycles. The van der Waals surface area contributed by atoms with Crippen LogP contribution in [0, 0.1) is 12.8 Å². The van der Waals surface area contributed by atoms with Gasteiger partial charge in [-0.15, -0.1) is 0 Å². The van der Waals surface area contributed by atoms with Crippen molar-refractivity contribution in [2.45, 2.75) is 45.6 Å². The summed E-state index contributed by atoms with van der Waals surface area (Å²) in [6.45, 7) is 4.24. The van der Waals surface area contributed by atoms with Crippen LogP contribution >= 0.6 is 0 Å². The third kappa shape index (κ3) is 2.87. The number of nitrogens with zero attached hydrogens (tertiary/aromatic N) is 1. The summed E-state index contributed by atoms with van der Waals surface area (Å²) >= 11 is 0. The van der Waals surface area contributed by atoms with E-state index >= 15 is 0 Å². The number of rotatable bonds is 5. The molecule has 1 aromatic rings. The molecule has 1 unspecified atom stereocenters. The number of pyridine rings is 1. The SMILES string of the molecule is CCC(CC1CC1)Nc1cc(C)c(N)cn1. The van der Waals surface area contributed by atoms with E-state index in [2.05, 4.69) is 17.2 Å². The van der Waals surface area contributed by atoms with Crippen LogP contribution in [0.15, 0.2) is 12.3 Å². The van der Waals surface area contributed by atoms with Gasteiger partial charge in [0, 0.05) is 6.04 Å². The highest BCUT2D eigenvalue weighted by molar-refractivity contribution is 5.51. The first-order chi connectivity index (χ1) is 7.69. The lowest BCUT2D eigenvalue weighted by atomic mass is 10.1. The van der Waals surface area contributed by atoms with E-state index < -0.39 is 0 Å². The lowest BCUT2D eigenvalue weighted by Gasteiger charge is -2.17. The van der Waals surface area contributed by atoms with Crippen molar-refractivity contribution in [3.05, 3.63) is 17.8 Å². The van der Waals surface area contributed by atoms with Crippen LogP contribution in [0.2, 0.25) is 0 Å². The van der Waals surface area contributed by atoms with Gasteiger partial charge in [0.15, 0.2) is 0 Å². The summed E-state index contributed by atoms with van der Waals surface area (Å²) in [6.07, 6.45) is 6.99. The van der Waals surface area contributed by atoms with Gasteiger partial charge in [0.1, 0.15) is 5.82 Å². The van der Waals surface area contributed by atoms with Crippen molar-refractivity contribution >= 4 is 11.5 Å². The number of anilines is 2. The second-order valence-corrected chi connectivity index (χ2v) is 4.85. The third-order valence-electron chi connectivity index (χ3n) is 3.31. The quantitative estimate of drug-likeness (QED) is 0.800. The number of aryl methyl sites for hydroxylation is 1. The largest absolute Gasteiger partial charge is 0.397 e. The highest BCUT2D eigenvalue weighted by Gasteiger charge is 2.24. The first-order valence-corrected chi connectivity index (χ1v) is 6.17. The topological polar surface area (TPSA) is 50.9 Å². The first-order valence-electron chi connectivity index (χ1n) is 6.17. The second-order valence-electron chi connectivity index (χ2n) is 4.85. The van der Waals surface area contributed by atoms with Crippen molar-refractivity contribution in [2.24, 2.45) is 5.92 Å². The molecule has 1 aliphatic carbocycles. The summed E-state index contributed by atoms with van der Waals surface area (Å²) in [6, 6.07) is 2.59. The average molecular weight is 219 g/mol. The minimum Gasteiger partial charge on any atom is -0.397 e. The van der Waals surface area contributed by atoms with Crippen molar-refractivity contribution in [1.82, 2.24) is 4.98 Å². The summed E-state index contributed by atoms with van der Waals surface area (Å²) < 4.78 is 0. The standard InChI is InChI=1S/C13H21N3/c1-3-11(7-10-4-5-10)16-13-6-9(2)12(14)8-15-13/h6,8,10-11H,3-5,7,14H2,1-2H3,(H,15,16). The first kappa shape index (κ1) is 11.2. The number of hydrogen-bond acceptors (Lipinski definition) is 3. The molecule has 3 nitrogen and oxygen atoms in total.